The van der Waals surface area contributed by atoms with Crippen molar-refractivity contribution in [3.63, 3.8) is 0 Å². The van der Waals surface area contributed by atoms with E-state index < -0.39 is 10.8 Å². The van der Waals surface area contributed by atoms with Crippen LogP contribution in [-0.2, 0) is 35.3 Å². The molecule has 0 saturated carbocycles. The second-order valence-corrected chi connectivity index (χ2v) is 17.0. The number of carbonyl (C=O) groups is 2. The van der Waals surface area contributed by atoms with E-state index in [0.717, 1.165) is 87.9 Å². The van der Waals surface area contributed by atoms with Crippen LogP contribution in [0.15, 0.2) is 97.6 Å². The highest BCUT2D eigenvalue weighted by Crippen LogP contribution is 2.42. The number of unbranched alkanes of at least 4 members (excludes halogenated alkanes) is 1. The van der Waals surface area contributed by atoms with Crippen LogP contribution in [0, 0.1) is 33.5 Å². The molecule has 0 unspecified atom stereocenters. The number of fused-ring (bicyclic) bond motifs is 16. The monoisotopic (exact) mass is 834 g/mol. The van der Waals surface area contributed by atoms with Gasteiger partial charge >= 0.3 is 0 Å². The lowest BCUT2D eigenvalue weighted by atomic mass is 9.85. The molecule has 0 aliphatic heterocycles. The zero-order valence-electron chi connectivity index (χ0n) is 34.2. The Balaban J connectivity index is 0.708. The predicted octanol–water partition coefficient (Wildman–Crippen LogP) is 7.00. The Hall–Kier alpha value is -8.36. The molecule has 0 bridgehead atoms. The van der Waals surface area contributed by atoms with Crippen LogP contribution in [0.2, 0.25) is 0 Å². The molecule has 10 aromatic rings. The number of nitrogens with one attached hydrogen (secondary N) is 2. The van der Waals surface area contributed by atoms with Crippen molar-refractivity contribution in [2.75, 3.05) is 13.1 Å². The quantitative estimate of drug-likeness (QED) is 0.0945. The third-order valence-electron chi connectivity index (χ3n) is 13.1. The van der Waals surface area contributed by atoms with E-state index in [2.05, 4.69) is 42.7 Å². The van der Waals surface area contributed by atoms with Gasteiger partial charge in [0.25, 0.3) is 0 Å². The van der Waals surface area contributed by atoms with Crippen molar-refractivity contribution in [2.45, 2.75) is 38.5 Å². The number of amides is 2. The van der Waals surface area contributed by atoms with Crippen molar-refractivity contribution in [3.8, 4) is 12.1 Å². The summed E-state index contributed by atoms with van der Waals surface area (Å²) in [5, 5.41) is 30.3. The third kappa shape index (κ3) is 5.62. The molecule has 306 valence electrons. The summed E-state index contributed by atoms with van der Waals surface area (Å²) in [6.45, 7) is 0.666. The van der Waals surface area contributed by atoms with Gasteiger partial charge in [-0.3, -0.25) is 29.5 Å². The van der Waals surface area contributed by atoms with Gasteiger partial charge in [-0.05, 0) is 108 Å². The summed E-state index contributed by atoms with van der Waals surface area (Å²) < 4.78 is 0. The fraction of sp³-hybridized carbons (Fsp3) is 0.200. The number of aromatic nitrogens is 8. The fourth-order valence-corrected chi connectivity index (χ4v) is 9.93. The van der Waals surface area contributed by atoms with E-state index in [1.54, 1.807) is 24.8 Å². The van der Waals surface area contributed by atoms with Crippen LogP contribution in [-0.4, -0.2) is 64.8 Å². The van der Waals surface area contributed by atoms with Crippen molar-refractivity contribution < 1.29 is 9.59 Å². The van der Waals surface area contributed by atoms with Gasteiger partial charge in [0, 0.05) is 85.1 Å². The SMILES string of the molecule is N#CC1(C(=O)NCCCCNC(=O)C2(C#N)Cc3cc4nc5c6cccnc6c6ncccc6c5nc4cc3C2)Cc2cc3nc4c5cccnc5c5ncccc5c4nc3cc2C1. The first-order valence-corrected chi connectivity index (χ1v) is 21.2. The molecule has 0 atom stereocenters. The number of rotatable bonds is 7. The van der Waals surface area contributed by atoms with Crippen LogP contribution in [0.4, 0.5) is 0 Å². The first-order chi connectivity index (χ1) is 31.3. The molecule has 0 saturated heterocycles. The number of carbonyl (C=O) groups excluding carboxylic acids is 2. The Kier molecular flexibility index (Phi) is 8.23. The summed E-state index contributed by atoms with van der Waals surface area (Å²) in [5.74, 6) is -0.656. The Labute approximate surface area is 363 Å². The number of nitriles is 2. The van der Waals surface area contributed by atoms with Gasteiger partial charge in [-0.2, -0.15) is 10.5 Å². The van der Waals surface area contributed by atoms with E-state index in [9.17, 15) is 20.1 Å². The first kappa shape index (κ1) is 37.4. The van der Waals surface area contributed by atoms with Gasteiger partial charge in [-0.1, -0.05) is 0 Å². The lowest BCUT2D eigenvalue weighted by Gasteiger charge is -2.20. The van der Waals surface area contributed by atoms with Crippen molar-refractivity contribution in [2.24, 2.45) is 10.8 Å². The van der Waals surface area contributed by atoms with Gasteiger partial charge in [0.1, 0.15) is 10.8 Å². The molecule has 14 nitrogen and oxygen atoms in total. The van der Waals surface area contributed by atoms with Crippen LogP contribution >= 0.6 is 0 Å². The van der Waals surface area contributed by atoms with Crippen LogP contribution < -0.4 is 10.6 Å². The number of hydrogen-bond donors (Lipinski definition) is 2. The molecule has 0 spiro atoms. The Bertz CT molecular complexity index is 3340. The minimum Gasteiger partial charge on any atom is -0.355 e. The molecule has 6 aromatic heterocycles. The van der Waals surface area contributed by atoms with Gasteiger partial charge in [0.15, 0.2) is 0 Å². The van der Waals surface area contributed by atoms with E-state index in [1.807, 2.05) is 72.8 Å². The van der Waals surface area contributed by atoms with Crippen molar-refractivity contribution in [3.05, 3.63) is 120 Å². The summed E-state index contributed by atoms with van der Waals surface area (Å²) in [4.78, 5) is 66.1. The largest absolute Gasteiger partial charge is 0.355 e. The maximum atomic E-state index is 13.7. The van der Waals surface area contributed by atoms with Crippen molar-refractivity contribution >= 4 is 99.6 Å². The van der Waals surface area contributed by atoms with Gasteiger partial charge in [-0.25, -0.2) is 19.9 Å². The maximum Gasteiger partial charge on any atom is 0.241 e. The van der Waals surface area contributed by atoms with E-state index >= 15 is 0 Å². The Morgan fingerprint density at radius 2 is 0.750 bits per heavy atom. The van der Waals surface area contributed by atoms with Crippen LogP contribution in [0.25, 0.3) is 87.7 Å². The minimum absolute atomic E-state index is 0.264. The molecular formula is C50H34N12O2. The van der Waals surface area contributed by atoms with Gasteiger partial charge < -0.3 is 10.6 Å². The summed E-state index contributed by atoms with van der Waals surface area (Å²) in [7, 11) is 0. The molecule has 14 heteroatoms. The molecule has 0 fully saturated rings. The standard InChI is InChI=1S/C50H34N12O2/c51-25-49(21-27-17-35-36(18-28(27)22-49)60-44-32-8-4-14-54-40(32)39-31(43(44)59-35)7-3-13-53-39)47(63)57-11-1-2-12-58-48(64)50(26-52)23-29-19-37-38(20-30(29)24-50)62-46-34-10-6-16-56-42(34)41-33(45(46)61-37)9-5-15-55-41/h3-10,13-20H,1-2,11-12,21-24H2,(H,57,63)(H,58,64). The zero-order chi connectivity index (χ0) is 43.2. The summed E-state index contributed by atoms with van der Waals surface area (Å²) in [5.41, 5.74) is 9.74. The summed E-state index contributed by atoms with van der Waals surface area (Å²) in [6.07, 6.45) is 9.17. The molecule has 0 radical (unpaired) electrons. The second-order valence-electron chi connectivity index (χ2n) is 17.0. The highest BCUT2D eigenvalue weighted by Gasteiger charge is 2.46. The van der Waals surface area contributed by atoms with Crippen molar-refractivity contribution in [1.29, 1.82) is 10.5 Å². The third-order valence-corrected chi connectivity index (χ3v) is 13.1. The summed E-state index contributed by atoms with van der Waals surface area (Å²) in [6, 6.07) is 27.9. The van der Waals surface area contributed by atoms with Gasteiger partial charge in [-0.15, -0.1) is 0 Å². The summed E-state index contributed by atoms with van der Waals surface area (Å²) >= 11 is 0. The normalized spacial score (nSPS) is 14.9. The molecule has 2 N–H and O–H groups in total. The highest BCUT2D eigenvalue weighted by molar-refractivity contribution is 6.22. The fourth-order valence-electron chi connectivity index (χ4n) is 9.93. The van der Waals surface area contributed by atoms with Gasteiger partial charge in [0.2, 0.25) is 11.8 Å². The first-order valence-electron chi connectivity index (χ1n) is 21.2. The topological polar surface area (TPSA) is 209 Å². The molecule has 6 heterocycles. The van der Waals surface area contributed by atoms with E-state index in [1.165, 1.54) is 0 Å². The molecule has 2 aliphatic carbocycles. The molecular weight excluding hydrogens is 801 g/mol. The number of nitrogens with zero attached hydrogens (tertiary/aromatic N) is 10. The Morgan fingerprint density at radius 1 is 0.469 bits per heavy atom. The van der Waals surface area contributed by atoms with Crippen LogP contribution in [0.5, 0.6) is 0 Å². The Morgan fingerprint density at radius 3 is 1.02 bits per heavy atom. The van der Waals surface area contributed by atoms with Crippen molar-refractivity contribution in [1.82, 2.24) is 50.5 Å². The predicted molar refractivity (Wildman–Crippen MR) is 241 cm³/mol. The molecule has 4 aromatic carbocycles. The molecule has 12 rings (SSSR count). The van der Waals surface area contributed by atoms with E-state index in [-0.39, 0.29) is 37.5 Å². The van der Waals surface area contributed by atoms with E-state index in [0.29, 0.717) is 48.0 Å². The number of benzene rings is 4. The smallest absolute Gasteiger partial charge is 0.241 e. The molecule has 2 aliphatic rings. The molecule has 2 amide bonds. The average molecular weight is 835 g/mol. The second kappa shape index (κ2) is 14.1. The van der Waals surface area contributed by atoms with Crippen LogP contribution in [0.3, 0.4) is 0 Å². The number of pyridine rings is 4. The molecule has 64 heavy (non-hydrogen) atoms. The number of hydrogen-bond acceptors (Lipinski definition) is 12. The lowest BCUT2D eigenvalue weighted by Crippen LogP contribution is -2.42. The van der Waals surface area contributed by atoms with Gasteiger partial charge in [0.05, 0.1) is 78.3 Å². The zero-order valence-corrected chi connectivity index (χ0v) is 34.2. The maximum absolute atomic E-state index is 13.7. The van der Waals surface area contributed by atoms with E-state index in [4.69, 9.17) is 19.9 Å². The average Bonchev–Trinajstić information content (AvgIpc) is 3.91. The highest BCUT2D eigenvalue weighted by atomic mass is 16.2. The minimum atomic E-state index is -1.27. The van der Waals surface area contributed by atoms with Crippen LogP contribution in [0.1, 0.15) is 35.1 Å². The lowest BCUT2D eigenvalue weighted by molar-refractivity contribution is -0.128.